The van der Waals surface area contributed by atoms with Crippen LogP contribution in [0.25, 0.3) is 0 Å². The number of nitrogens with one attached hydrogen (secondary N) is 2. The van der Waals surface area contributed by atoms with E-state index in [1.165, 1.54) is 4.90 Å². The number of hydrogen-bond donors (Lipinski definition) is 3. The van der Waals surface area contributed by atoms with Gasteiger partial charge in [0.1, 0.15) is 6.04 Å². The highest BCUT2D eigenvalue weighted by Gasteiger charge is 2.44. The maximum Gasteiger partial charge on any atom is 0.405 e. The van der Waals surface area contributed by atoms with Crippen molar-refractivity contribution in [1.82, 2.24) is 15.5 Å². The minimum absolute atomic E-state index is 0.112. The van der Waals surface area contributed by atoms with Crippen LogP contribution >= 0.6 is 0 Å². The average molecular weight is 296 g/mol. The van der Waals surface area contributed by atoms with E-state index in [2.05, 4.69) is 10.6 Å². The minimum Gasteiger partial charge on any atom is -0.353 e. The Labute approximate surface area is 117 Å². The molecule has 8 heteroatoms. The topological polar surface area (TPSA) is 70.4 Å². The van der Waals surface area contributed by atoms with E-state index in [1.807, 2.05) is 0 Å². The van der Waals surface area contributed by atoms with Gasteiger partial charge in [0, 0.05) is 32.7 Å². The first kappa shape index (κ1) is 17.2. The second-order valence-electron chi connectivity index (χ2n) is 5.36. The Morgan fingerprint density at radius 1 is 1.35 bits per heavy atom. The first-order valence-corrected chi connectivity index (χ1v) is 6.78. The first-order valence-electron chi connectivity index (χ1n) is 6.78. The van der Waals surface area contributed by atoms with Crippen LogP contribution in [-0.4, -0.2) is 61.8 Å². The molecule has 1 fully saturated rings. The summed E-state index contributed by atoms with van der Waals surface area (Å²) in [6.07, 6.45) is -4.37. The van der Waals surface area contributed by atoms with Gasteiger partial charge in [0.05, 0.1) is 6.04 Å². The molecule has 1 rings (SSSR count). The Morgan fingerprint density at radius 2 is 1.90 bits per heavy atom. The molecule has 0 radical (unpaired) electrons. The monoisotopic (exact) mass is 296 g/mol. The number of rotatable bonds is 5. The Bertz CT molecular complexity index is 316. The molecule has 118 valence electrons. The molecule has 1 aliphatic heterocycles. The quantitative estimate of drug-likeness (QED) is 0.664. The molecule has 5 nitrogen and oxygen atoms in total. The van der Waals surface area contributed by atoms with Crippen molar-refractivity contribution in [2.75, 3.05) is 32.7 Å². The van der Waals surface area contributed by atoms with Gasteiger partial charge in [-0.05, 0) is 5.92 Å². The van der Waals surface area contributed by atoms with Crippen LogP contribution in [0.1, 0.15) is 13.8 Å². The predicted octanol–water partition coefficient (Wildman–Crippen LogP) is -0.0780. The lowest BCUT2D eigenvalue weighted by atomic mass is 10.0. The van der Waals surface area contributed by atoms with Crippen LogP contribution in [0, 0.1) is 5.92 Å². The van der Waals surface area contributed by atoms with Gasteiger partial charge in [0.2, 0.25) is 5.91 Å². The van der Waals surface area contributed by atoms with Crippen LogP contribution in [0.2, 0.25) is 0 Å². The summed E-state index contributed by atoms with van der Waals surface area (Å²) in [7, 11) is 0. The van der Waals surface area contributed by atoms with E-state index < -0.39 is 30.7 Å². The van der Waals surface area contributed by atoms with E-state index in [0.29, 0.717) is 26.2 Å². The van der Waals surface area contributed by atoms with Crippen molar-refractivity contribution < 1.29 is 18.0 Å². The van der Waals surface area contributed by atoms with Crippen LogP contribution in [-0.2, 0) is 4.79 Å². The van der Waals surface area contributed by atoms with Gasteiger partial charge in [-0.25, -0.2) is 0 Å². The Kier molecular flexibility index (Phi) is 6.22. The van der Waals surface area contributed by atoms with Gasteiger partial charge in [-0.2, -0.15) is 13.2 Å². The molecular formula is C12H23F3N4O. The molecule has 0 saturated carbocycles. The number of amides is 1. The summed E-state index contributed by atoms with van der Waals surface area (Å²) >= 11 is 0. The van der Waals surface area contributed by atoms with Crippen molar-refractivity contribution in [2.45, 2.75) is 32.1 Å². The Hall–Kier alpha value is -0.860. The van der Waals surface area contributed by atoms with Crippen molar-refractivity contribution in [3.8, 4) is 0 Å². The van der Waals surface area contributed by atoms with Gasteiger partial charge in [-0.3, -0.25) is 9.69 Å². The maximum absolute atomic E-state index is 13.1. The number of alkyl halides is 3. The lowest BCUT2D eigenvalue weighted by Gasteiger charge is -2.36. The number of nitrogens with two attached hydrogens (primary N) is 1. The van der Waals surface area contributed by atoms with Crippen LogP contribution in [0.3, 0.4) is 0 Å². The fourth-order valence-corrected chi connectivity index (χ4v) is 2.06. The number of carbonyl (C=O) groups excluding carboxylic acids is 1. The molecule has 0 aromatic heterocycles. The van der Waals surface area contributed by atoms with Crippen LogP contribution < -0.4 is 16.4 Å². The third-order valence-corrected chi connectivity index (χ3v) is 3.46. The lowest BCUT2D eigenvalue weighted by molar-refractivity contribution is -0.184. The summed E-state index contributed by atoms with van der Waals surface area (Å²) in [6, 6.07) is -2.44. The standard InChI is InChI=1S/C12H23F3N4O/c1-8(2)10(16)11(20)18-7-9(12(13,14)15)19-5-3-17-4-6-19/h8-10,17H,3-7,16H2,1-2H3,(H,18,20)/t9?,10-/m0/s1. The van der Waals surface area contributed by atoms with Crippen molar-refractivity contribution in [3.05, 3.63) is 0 Å². The maximum atomic E-state index is 13.1. The van der Waals surface area contributed by atoms with E-state index in [9.17, 15) is 18.0 Å². The van der Waals surface area contributed by atoms with Gasteiger partial charge < -0.3 is 16.4 Å². The van der Waals surface area contributed by atoms with Crippen molar-refractivity contribution in [2.24, 2.45) is 11.7 Å². The molecule has 0 spiro atoms. The summed E-state index contributed by atoms with van der Waals surface area (Å²) in [5.74, 6) is -0.650. The van der Waals surface area contributed by atoms with Gasteiger partial charge in [0.25, 0.3) is 0 Å². The van der Waals surface area contributed by atoms with Crippen molar-refractivity contribution in [3.63, 3.8) is 0 Å². The summed E-state index contributed by atoms with van der Waals surface area (Å²) in [4.78, 5) is 13.0. The molecule has 1 heterocycles. The molecule has 20 heavy (non-hydrogen) atoms. The third kappa shape index (κ3) is 4.92. The molecule has 1 aliphatic rings. The van der Waals surface area contributed by atoms with Gasteiger partial charge in [-0.1, -0.05) is 13.8 Å². The molecule has 0 aliphatic carbocycles. The van der Waals surface area contributed by atoms with Gasteiger partial charge >= 0.3 is 6.18 Å². The van der Waals surface area contributed by atoms with Crippen LogP contribution in [0.5, 0.6) is 0 Å². The van der Waals surface area contributed by atoms with E-state index >= 15 is 0 Å². The Balaban J connectivity index is 2.59. The number of carbonyl (C=O) groups is 1. The average Bonchev–Trinajstić information content (AvgIpc) is 2.37. The predicted molar refractivity (Wildman–Crippen MR) is 70.1 cm³/mol. The highest BCUT2D eigenvalue weighted by molar-refractivity contribution is 5.81. The first-order chi connectivity index (χ1) is 9.23. The van der Waals surface area contributed by atoms with Crippen molar-refractivity contribution >= 4 is 5.91 Å². The highest BCUT2D eigenvalue weighted by Crippen LogP contribution is 2.24. The minimum atomic E-state index is -4.37. The molecule has 0 aromatic rings. The summed E-state index contributed by atoms with van der Waals surface area (Å²) in [5.41, 5.74) is 5.62. The number of halogens is 3. The zero-order chi connectivity index (χ0) is 15.3. The van der Waals surface area contributed by atoms with Gasteiger partial charge in [-0.15, -0.1) is 0 Å². The fraction of sp³-hybridized carbons (Fsp3) is 0.917. The smallest absolute Gasteiger partial charge is 0.353 e. The zero-order valence-corrected chi connectivity index (χ0v) is 11.8. The number of piperazine rings is 1. The van der Waals surface area contributed by atoms with E-state index in [4.69, 9.17) is 5.73 Å². The van der Waals surface area contributed by atoms with Gasteiger partial charge in [0.15, 0.2) is 0 Å². The third-order valence-electron chi connectivity index (χ3n) is 3.46. The van der Waals surface area contributed by atoms with E-state index in [1.54, 1.807) is 13.8 Å². The number of hydrogen-bond acceptors (Lipinski definition) is 4. The molecule has 2 atom stereocenters. The van der Waals surface area contributed by atoms with Crippen LogP contribution in [0.4, 0.5) is 13.2 Å². The highest BCUT2D eigenvalue weighted by atomic mass is 19.4. The van der Waals surface area contributed by atoms with Crippen LogP contribution in [0.15, 0.2) is 0 Å². The molecule has 1 saturated heterocycles. The second-order valence-corrected chi connectivity index (χ2v) is 5.36. The normalized spacial score (nSPS) is 20.8. The zero-order valence-electron chi connectivity index (χ0n) is 11.8. The summed E-state index contributed by atoms with van der Waals surface area (Å²) in [6.45, 7) is 4.72. The molecule has 1 unspecified atom stereocenters. The molecule has 1 amide bonds. The SMILES string of the molecule is CC(C)[C@H](N)C(=O)NCC(N1CCNCC1)C(F)(F)F. The largest absolute Gasteiger partial charge is 0.405 e. The fourth-order valence-electron chi connectivity index (χ4n) is 2.06. The molecule has 4 N–H and O–H groups in total. The molecule has 0 aromatic carbocycles. The number of nitrogens with zero attached hydrogens (tertiary/aromatic N) is 1. The van der Waals surface area contributed by atoms with E-state index in [0.717, 1.165) is 0 Å². The molecule has 0 bridgehead atoms. The molecular weight excluding hydrogens is 273 g/mol. The van der Waals surface area contributed by atoms with E-state index in [-0.39, 0.29) is 5.92 Å². The lowest BCUT2D eigenvalue weighted by Crippen LogP contribution is -2.58. The summed E-state index contributed by atoms with van der Waals surface area (Å²) in [5, 5.41) is 5.32. The summed E-state index contributed by atoms with van der Waals surface area (Å²) < 4.78 is 39.2. The van der Waals surface area contributed by atoms with Crippen molar-refractivity contribution in [1.29, 1.82) is 0 Å². The second kappa shape index (κ2) is 7.24. The Morgan fingerprint density at radius 3 is 2.35 bits per heavy atom.